The first kappa shape index (κ1) is 16.0. The second-order valence-electron chi connectivity index (χ2n) is 5.32. The number of nitrogens with zero attached hydrogens (tertiary/aromatic N) is 2. The van der Waals surface area contributed by atoms with Gasteiger partial charge in [0.25, 0.3) is 5.91 Å². The van der Waals surface area contributed by atoms with E-state index in [4.69, 9.17) is 4.74 Å². The van der Waals surface area contributed by atoms with Crippen LogP contribution in [0.4, 0.5) is 0 Å². The van der Waals surface area contributed by atoms with Crippen LogP contribution in [-0.4, -0.2) is 22.8 Å². The fourth-order valence-corrected chi connectivity index (χ4v) is 2.59. The van der Waals surface area contributed by atoms with Crippen molar-refractivity contribution >= 4 is 5.91 Å². The molecule has 122 valence electrons. The lowest BCUT2D eigenvalue weighted by molar-refractivity contribution is -0.131. The molecule has 3 rings (SSSR count). The maximum absolute atomic E-state index is 12.5. The molecule has 0 saturated heterocycles. The minimum atomic E-state index is -0.622. The summed E-state index contributed by atoms with van der Waals surface area (Å²) in [6.45, 7) is 0.404. The molecule has 0 bridgehead atoms. The molecule has 0 saturated carbocycles. The van der Waals surface area contributed by atoms with Crippen LogP contribution in [0.5, 0.6) is 0 Å². The summed E-state index contributed by atoms with van der Waals surface area (Å²) < 4.78 is 7.14. The fraction of sp³-hybridized carbons (Fsp3) is 0.158. The van der Waals surface area contributed by atoms with Crippen molar-refractivity contribution in [2.24, 2.45) is 0 Å². The van der Waals surface area contributed by atoms with Crippen LogP contribution in [0.15, 0.2) is 73.1 Å². The molecule has 0 aliphatic heterocycles. The summed E-state index contributed by atoms with van der Waals surface area (Å²) in [5.41, 5.74) is 2.76. The van der Waals surface area contributed by atoms with Crippen molar-refractivity contribution in [2.45, 2.75) is 12.6 Å². The maximum atomic E-state index is 12.5. The van der Waals surface area contributed by atoms with Crippen LogP contribution in [0.2, 0.25) is 0 Å². The number of rotatable bonds is 6. The first-order valence-corrected chi connectivity index (χ1v) is 7.73. The van der Waals surface area contributed by atoms with E-state index in [9.17, 15) is 4.79 Å². The van der Waals surface area contributed by atoms with Crippen molar-refractivity contribution in [3.63, 3.8) is 0 Å². The Balaban J connectivity index is 1.73. The molecular weight excluding hydrogens is 302 g/mol. The molecule has 0 radical (unpaired) electrons. The number of methoxy groups -OCH3 is 1. The van der Waals surface area contributed by atoms with E-state index in [1.165, 1.54) is 7.11 Å². The Kier molecular flexibility index (Phi) is 5.03. The number of hydrogen-bond donors (Lipinski definition) is 1. The van der Waals surface area contributed by atoms with E-state index in [-0.39, 0.29) is 5.91 Å². The van der Waals surface area contributed by atoms with Crippen molar-refractivity contribution in [2.75, 3.05) is 7.11 Å². The zero-order chi connectivity index (χ0) is 16.8. The summed E-state index contributed by atoms with van der Waals surface area (Å²) in [6.07, 6.45) is 2.98. The van der Waals surface area contributed by atoms with Gasteiger partial charge in [0.2, 0.25) is 0 Å². The third-order valence-electron chi connectivity index (χ3n) is 3.77. The number of nitrogens with one attached hydrogen (secondary N) is 1. The lowest BCUT2D eigenvalue weighted by atomic mass is 10.1. The van der Waals surface area contributed by atoms with Gasteiger partial charge in [-0.05, 0) is 23.3 Å². The van der Waals surface area contributed by atoms with Crippen LogP contribution < -0.4 is 5.32 Å². The quantitative estimate of drug-likeness (QED) is 0.759. The van der Waals surface area contributed by atoms with Gasteiger partial charge in [-0.25, -0.2) is 4.68 Å². The fourth-order valence-electron chi connectivity index (χ4n) is 2.59. The Morgan fingerprint density at radius 3 is 2.58 bits per heavy atom. The summed E-state index contributed by atoms with van der Waals surface area (Å²) in [5.74, 6) is -0.168. The number of amides is 1. The van der Waals surface area contributed by atoms with E-state index in [0.29, 0.717) is 6.54 Å². The summed E-state index contributed by atoms with van der Waals surface area (Å²) in [7, 11) is 1.54. The molecule has 0 spiro atoms. The van der Waals surface area contributed by atoms with Crippen LogP contribution in [0.1, 0.15) is 17.2 Å². The van der Waals surface area contributed by atoms with Gasteiger partial charge in [-0.1, -0.05) is 48.5 Å². The largest absolute Gasteiger partial charge is 0.367 e. The monoisotopic (exact) mass is 321 g/mol. The number of carbonyl (C=O) groups is 1. The number of ether oxygens (including phenoxy) is 1. The van der Waals surface area contributed by atoms with Crippen LogP contribution in [0.25, 0.3) is 5.69 Å². The van der Waals surface area contributed by atoms with Crippen molar-refractivity contribution in [3.05, 3.63) is 84.2 Å². The highest BCUT2D eigenvalue weighted by Crippen LogP contribution is 2.17. The van der Waals surface area contributed by atoms with Crippen molar-refractivity contribution in [1.29, 1.82) is 0 Å². The first-order valence-electron chi connectivity index (χ1n) is 7.73. The van der Waals surface area contributed by atoms with Gasteiger partial charge in [0.15, 0.2) is 6.10 Å². The molecule has 1 N–H and O–H groups in total. The standard InChI is InChI=1S/C19H19N3O2/c1-24-18(15-8-3-2-4-9-15)19(23)20-14-16-10-5-6-11-17(16)22-13-7-12-21-22/h2-13,18H,14H2,1H3,(H,20,23)/t18-/m1/s1. The van der Waals surface area contributed by atoms with Gasteiger partial charge >= 0.3 is 0 Å². The Morgan fingerprint density at radius 1 is 1.12 bits per heavy atom. The molecule has 0 aliphatic rings. The summed E-state index contributed by atoms with van der Waals surface area (Å²) in [6, 6.07) is 19.2. The number of carbonyl (C=O) groups excluding carboxylic acids is 1. The average Bonchev–Trinajstić information content (AvgIpc) is 3.16. The number of para-hydroxylation sites is 1. The second kappa shape index (κ2) is 7.57. The highest BCUT2D eigenvalue weighted by atomic mass is 16.5. The van der Waals surface area contributed by atoms with E-state index >= 15 is 0 Å². The third kappa shape index (κ3) is 3.52. The van der Waals surface area contributed by atoms with E-state index < -0.39 is 6.10 Å². The summed E-state index contributed by atoms with van der Waals surface area (Å²) in [5, 5.41) is 7.20. The molecule has 0 fully saturated rings. The second-order valence-corrected chi connectivity index (χ2v) is 5.32. The molecule has 1 heterocycles. The molecule has 0 unspecified atom stereocenters. The SMILES string of the molecule is CO[C@@H](C(=O)NCc1ccccc1-n1cccn1)c1ccccc1. The molecule has 2 aromatic carbocycles. The van der Waals surface area contributed by atoms with Crippen LogP contribution in [-0.2, 0) is 16.1 Å². The van der Waals surface area contributed by atoms with Gasteiger partial charge in [0.05, 0.1) is 5.69 Å². The zero-order valence-corrected chi connectivity index (χ0v) is 13.4. The molecule has 1 amide bonds. The molecule has 5 nitrogen and oxygen atoms in total. The Hall–Kier alpha value is -2.92. The van der Waals surface area contributed by atoms with E-state index in [1.54, 1.807) is 10.9 Å². The maximum Gasteiger partial charge on any atom is 0.254 e. The van der Waals surface area contributed by atoms with E-state index in [0.717, 1.165) is 16.8 Å². The summed E-state index contributed by atoms with van der Waals surface area (Å²) in [4.78, 5) is 12.5. The van der Waals surface area contributed by atoms with Gasteiger partial charge < -0.3 is 10.1 Å². The predicted octanol–water partition coefficient (Wildman–Crippen LogP) is 2.88. The molecule has 3 aromatic rings. The minimum Gasteiger partial charge on any atom is -0.367 e. The zero-order valence-electron chi connectivity index (χ0n) is 13.4. The smallest absolute Gasteiger partial charge is 0.254 e. The third-order valence-corrected chi connectivity index (χ3v) is 3.77. The molecule has 1 aromatic heterocycles. The summed E-state index contributed by atoms with van der Waals surface area (Å²) >= 11 is 0. The number of hydrogen-bond acceptors (Lipinski definition) is 3. The Labute approximate surface area is 140 Å². The predicted molar refractivity (Wildman–Crippen MR) is 91.6 cm³/mol. The molecule has 5 heteroatoms. The van der Waals surface area contributed by atoms with Crippen LogP contribution in [0, 0.1) is 0 Å². The van der Waals surface area contributed by atoms with Gasteiger partial charge in [-0.2, -0.15) is 5.10 Å². The number of aromatic nitrogens is 2. The van der Waals surface area contributed by atoms with E-state index in [1.807, 2.05) is 66.9 Å². The van der Waals surface area contributed by atoms with Crippen LogP contribution in [0.3, 0.4) is 0 Å². The van der Waals surface area contributed by atoms with Gasteiger partial charge in [-0.15, -0.1) is 0 Å². The van der Waals surface area contributed by atoms with Crippen molar-refractivity contribution < 1.29 is 9.53 Å². The molecule has 1 atom stereocenters. The lowest BCUT2D eigenvalue weighted by Gasteiger charge is -2.16. The van der Waals surface area contributed by atoms with E-state index in [2.05, 4.69) is 10.4 Å². The Morgan fingerprint density at radius 2 is 1.88 bits per heavy atom. The van der Waals surface area contributed by atoms with Gasteiger partial charge in [0, 0.05) is 26.0 Å². The highest BCUT2D eigenvalue weighted by Gasteiger charge is 2.19. The topological polar surface area (TPSA) is 56.1 Å². The Bertz CT molecular complexity index is 785. The highest BCUT2D eigenvalue weighted by molar-refractivity contribution is 5.82. The number of benzene rings is 2. The molecular formula is C19H19N3O2. The molecule has 24 heavy (non-hydrogen) atoms. The normalized spacial score (nSPS) is 11.9. The van der Waals surface area contributed by atoms with Crippen LogP contribution >= 0.6 is 0 Å². The first-order chi connectivity index (χ1) is 11.8. The lowest BCUT2D eigenvalue weighted by Crippen LogP contribution is -2.30. The van der Waals surface area contributed by atoms with Gasteiger partial charge in [-0.3, -0.25) is 4.79 Å². The van der Waals surface area contributed by atoms with Gasteiger partial charge in [0.1, 0.15) is 0 Å². The molecule has 0 aliphatic carbocycles. The minimum absolute atomic E-state index is 0.168. The average molecular weight is 321 g/mol. The van der Waals surface area contributed by atoms with Crippen molar-refractivity contribution in [3.8, 4) is 5.69 Å². The van der Waals surface area contributed by atoms with Crippen molar-refractivity contribution in [1.82, 2.24) is 15.1 Å².